The molecule has 6 heteroatoms. The van der Waals surface area contributed by atoms with Crippen molar-refractivity contribution in [1.82, 2.24) is 19.8 Å². The van der Waals surface area contributed by atoms with Gasteiger partial charge in [-0.2, -0.15) is 0 Å². The molecular weight excluding hydrogens is 247 g/mol. The Morgan fingerprint density at radius 2 is 2.37 bits per heavy atom. The second kappa shape index (κ2) is 4.62. The monoisotopic (exact) mass is 262 g/mol. The van der Waals surface area contributed by atoms with Gasteiger partial charge in [-0.05, 0) is 19.1 Å². The predicted octanol–water partition coefficient (Wildman–Crippen LogP) is 1.44. The number of benzene rings is 1. The molecule has 3 rings (SSSR count). The van der Waals surface area contributed by atoms with E-state index in [2.05, 4.69) is 10.3 Å². The summed E-state index contributed by atoms with van der Waals surface area (Å²) < 4.78 is 14.6. The van der Waals surface area contributed by atoms with Crippen LogP contribution in [-0.2, 0) is 0 Å². The number of carbonyl (C=O) groups is 1. The summed E-state index contributed by atoms with van der Waals surface area (Å²) >= 11 is 0. The lowest BCUT2D eigenvalue weighted by Crippen LogP contribution is -2.52. The number of rotatable bonds is 0. The zero-order valence-corrected chi connectivity index (χ0v) is 10.6. The van der Waals surface area contributed by atoms with E-state index in [9.17, 15) is 9.18 Å². The predicted molar refractivity (Wildman–Crippen MR) is 69.5 cm³/mol. The minimum absolute atomic E-state index is 0.109. The highest BCUT2D eigenvalue weighted by atomic mass is 19.1. The molecule has 1 aliphatic heterocycles. The van der Waals surface area contributed by atoms with E-state index in [1.165, 1.54) is 23.0 Å². The summed E-state index contributed by atoms with van der Waals surface area (Å²) in [5, 5.41) is 3.29. The summed E-state index contributed by atoms with van der Waals surface area (Å²) in [6.07, 6.45) is 1.46. The Morgan fingerprint density at radius 1 is 1.53 bits per heavy atom. The molecule has 1 aromatic carbocycles. The highest BCUT2D eigenvalue weighted by molar-refractivity contribution is 5.89. The van der Waals surface area contributed by atoms with Gasteiger partial charge in [0.05, 0.1) is 11.0 Å². The van der Waals surface area contributed by atoms with Gasteiger partial charge in [0, 0.05) is 31.7 Å². The number of fused-ring (bicyclic) bond motifs is 1. The normalized spacial score (nSPS) is 19.9. The Hall–Kier alpha value is -1.95. The molecule has 2 aromatic rings. The fourth-order valence-corrected chi connectivity index (χ4v) is 2.40. The van der Waals surface area contributed by atoms with Gasteiger partial charge in [-0.25, -0.2) is 14.2 Å². The van der Waals surface area contributed by atoms with Crippen molar-refractivity contribution in [3.8, 4) is 0 Å². The SMILES string of the molecule is CC1CN(C(=O)n2cnc3cc(F)ccc32)CCN1. The van der Waals surface area contributed by atoms with Crippen LogP contribution in [0.4, 0.5) is 9.18 Å². The average molecular weight is 262 g/mol. The molecule has 19 heavy (non-hydrogen) atoms. The van der Waals surface area contributed by atoms with Crippen LogP contribution in [0.2, 0.25) is 0 Å². The Bertz CT molecular complexity index is 624. The van der Waals surface area contributed by atoms with Gasteiger partial charge in [0.25, 0.3) is 0 Å². The fourth-order valence-electron chi connectivity index (χ4n) is 2.40. The molecule has 0 saturated carbocycles. The third kappa shape index (κ3) is 2.19. The highest BCUT2D eigenvalue weighted by Gasteiger charge is 2.22. The summed E-state index contributed by atoms with van der Waals surface area (Å²) in [6, 6.07) is 4.43. The molecule has 0 spiro atoms. The van der Waals surface area contributed by atoms with E-state index in [-0.39, 0.29) is 17.9 Å². The number of hydrogen-bond acceptors (Lipinski definition) is 3. The first kappa shape index (κ1) is 12.1. The van der Waals surface area contributed by atoms with Crippen LogP contribution in [0.3, 0.4) is 0 Å². The first-order valence-corrected chi connectivity index (χ1v) is 6.30. The van der Waals surface area contributed by atoms with E-state index in [0.717, 1.165) is 6.54 Å². The number of halogens is 1. The minimum atomic E-state index is -0.346. The maximum absolute atomic E-state index is 13.1. The van der Waals surface area contributed by atoms with Crippen molar-refractivity contribution >= 4 is 17.1 Å². The van der Waals surface area contributed by atoms with Crippen LogP contribution in [0.5, 0.6) is 0 Å². The molecule has 1 aliphatic rings. The third-order valence-electron chi connectivity index (χ3n) is 3.35. The van der Waals surface area contributed by atoms with Crippen LogP contribution in [0.25, 0.3) is 11.0 Å². The van der Waals surface area contributed by atoms with Crippen molar-refractivity contribution in [2.24, 2.45) is 0 Å². The van der Waals surface area contributed by atoms with E-state index in [1.54, 1.807) is 11.0 Å². The van der Waals surface area contributed by atoms with Gasteiger partial charge in [-0.3, -0.25) is 4.57 Å². The second-order valence-corrected chi connectivity index (χ2v) is 4.83. The van der Waals surface area contributed by atoms with Crippen LogP contribution in [-0.4, -0.2) is 46.2 Å². The summed E-state index contributed by atoms with van der Waals surface area (Å²) in [5.41, 5.74) is 1.13. The molecule has 1 N–H and O–H groups in total. The molecule has 0 bridgehead atoms. The van der Waals surface area contributed by atoms with Crippen molar-refractivity contribution in [1.29, 1.82) is 0 Å². The molecule has 5 nitrogen and oxygen atoms in total. The molecule has 1 aromatic heterocycles. The van der Waals surface area contributed by atoms with Gasteiger partial charge in [-0.15, -0.1) is 0 Å². The minimum Gasteiger partial charge on any atom is -0.321 e. The zero-order valence-electron chi connectivity index (χ0n) is 10.6. The summed E-state index contributed by atoms with van der Waals surface area (Å²) in [6.45, 7) is 4.17. The number of amides is 1. The first-order valence-electron chi connectivity index (χ1n) is 6.30. The molecule has 1 atom stereocenters. The number of aromatic nitrogens is 2. The van der Waals surface area contributed by atoms with E-state index in [1.807, 2.05) is 6.92 Å². The van der Waals surface area contributed by atoms with Gasteiger partial charge in [0.2, 0.25) is 0 Å². The molecule has 0 aliphatic carbocycles. The Balaban J connectivity index is 1.93. The largest absolute Gasteiger partial charge is 0.330 e. The number of nitrogens with one attached hydrogen (secondary N) is 1. The summed E-state index contributed by atoms with van der Waals surface area (Å²) in [7, 11) is 0. The zero-order chi connectivity index (χ0) is 13.4. The molecule has 2 heterocycles. The van der Waals surface area contributed by atoms with Crippen molar-refractivity contribution < 1.29 is 9.18 Å². The molecule has 1 unspecified atom stereocenters. The highest BCUT2D eigenvalue weighted by Crippen LogP contribution is 2.15. The topological polar surface area (TPSA) is 50.2 Å². The van der Waals surface area contributed by atoms with E-state index < -0.39 is 0 Å². The van der Waals surface area contributed by atoms with Crippen LogP contribution < -0.4 is 5.32 Å². The molecule has 0 radical (unpaired) electrons. The molecule has 100 valence electrons. The van der Waals surface area contributed by atoms with Gasteiger partial charge >= 0.3 is 6.03 Å². The number of carbonyl (C=O) groups excluding carboxylic acids is 1. The third-order valence-corrected chi connectivity index (χ3v) is 3.35. The molecular formula is C13H15FN4O. The fraction of sp³-hybridized carbons (Fsp3) is 0.385. The lowest BCUT2D eigenvalue weighted by molar-refractivity contribution is 0.182. The van der Waals surface area contributed by atoms with Crippen LogP contribution in [0.15, 0.2) is 24.5 Å². The van der Waals surface area contributed by atoms with Gasteiger partial charge in [-0.1, -0.05) is 0 Å². The van der Waals surface area contributed by atoms with Crippen molar-refractivity contribution in [2.45, 2.75) is 13.0 Å². The molecule has 1 amide bonds. The Morgan fingerprint density at radius 3 is 3.16 bits per heavy atom. The van der Waals surface area contributed by atoms with E-state index in [4.69, 9.17) is 0 Å². The van der Waals surface area contributed by atoms with Crippen LogP contribution in [0, 0.1) is 5.82 Å². The Kier molecular flexibility index (Phi) is 2.94. The quantitative estimate of drug-likeness (QED) is 0.781. The summed E-state index contributed by atoms with van der Waals surface area (Å²) in [4.78, 5) is 18.3. The number of piperazine rings is 1. The van der Waals surface area contributed by atoms with Crippen molar-refractivity contribution in [3.63, 3.8) is 0 Å². The first-order chi connectivity index (χ1) is 9.15. The van der Waals surface area contributed by atoms with Gasteiger partial charge < -0.3 is 10.2 Å². The second-order valence-electron chi connectivity index (χ2n) is 4.83. The standard InChI is InChI=1S/C13H15FN4O/c1-9-7-17(5-4-15-9)13(19)18-8-16-11-6-10(14)2-3-12(11)18/h2-3,6,8-9,15H,4-5,7H2,1H3. The van der Waals surface area contributed by atoms with Gasteiger partial charge in [0.15, 0.2) is 0 Å². The van der Waals surface area contributed by atoms with E-state index >= 15 is 0 Å². The molecule has 1 fully saturated rings. The van der Waals surface area contributed by atoms with Crippen molar-refractivity contribution in [2.75, 3.05) is 19.6 Å². The van der Waals surface area contributed by atoms with E-state index in [0.29, 0.717) is 24.1 Å². The number of hydrogen-bond donors (Lipinski definition) is 1. The maximum atomic E-state index is 13.1. The lowest BCUT2D eigenvalue weighted by Gasteiger charge is -2.31. The smallest absolute Gasteiger partial charge is 0.321 e. The van der Waals surface area contributed by atoms with Crippen LogP contribution >= 0.6 is 0 Å². The number of nitrogens with zero attached hydrogens (tertiary/aromatic N) is 3. The summed E-state index contributed by atoms with van der Waals surface area (Å²) in [5.74, 6) is -0.346. The lowest BCUT2D eigenvalue weighted by atomic mass is 10.2. The van der Waals surface area contributed by atoms with Crippen molar-refractivity contribution in [3.05, 3.63) is 30.3 Å². The number of imidazole rings is 1. The average Bonchev–Trinajstić information content (AvgIpc) is 2.80. The Labute approximate surface area is 110 Å². The molecule has 1 saturated heterocycles. The maximum Gasteiger partial charge on any atom is 0.330 e. The van der Waals surface area contributed by atoms with Crippen LogP contribution in [0.1, 0.15) is 6.92 Å². The van der Waals surface area contributed by atoms with Gasteiger partial charge in [0.1, 0.15) is 12.1 Å².